The number of nitrogens with one attached hydrogen (secondary N) is 3. The van der Waals surface area contributed by atoms with Crippen molar-refractivity contribution in [1.29, 1.82) is 5.41 Å². The molecular formula is C28H31N7O10. The molecule has 4 amide bonds. The third-order valence-corrected chi connectivity index (χ3v) is 6.77. The van der Waals surface area contributed by atoms with Crippen molar-refractivity contribution in [1.82, 2.24) is 10.2 Å². The molecule has 1 saturated heterocycles. The van der Waals surface area contributed by atoms with Crippen molar-refractivity contribution >= 4 is 58.9 Å². The lowest BCUT2D eigenvalue weighted by Gasteiger charge is -2.44. The average molecular weight is 626 g/mol. The number of amides is 4. The summed E-state index contributed by atoms with van der Waals surface area (Å²) in [5.41, 5.74) is 8.13. The molecule has 1 heterocycles. The lowest BCUT2D eigenvalue weighted by Crippen LogP contribution is -2.74. The zero-order valence-corrected chi connectivity index (χ0v) is 24.6. The summed E-state index contributed by atoms with van der Waals surface area (Å²) < 4.78 is 14.2. The molecule has 0 spiro atoms. The second-order valence-electron chi connectivity index (χ2n) is 9.50. The molecule has 3 rings (SSSR count). The van der Waals surface area contributed by atoms with Gasteiger partial charge < -0.3 is 36.3 Å². The van der Waals surface area contributed by atoms with Crippen LogP contribution in [0.2, 0.25) is 0 Å². The van der Waals surface area contributed by atoms with E-state index in [0.29, 0.717) is 4.90 Å². The van der Waals surface area contributed by atoms with Crippen LogP contribution < -0.4 is 27.0 Å². The van der Waals surface area contributed by atoms with Gasteiger partial charge in [-0.05, 0) is 31.2 Å². The Morgan fingerprint density at radius 2 is 1.69 bits per heavy atom. The van der Waals surface area contributed by atoms with Gasteiger partial charge in [0, 0.05) is 16.9 Å². The van der Waals surface area contributed by atoms with E-state index in [1.54, 1.807) is 6.07 Å². The number of nitrogens with two attached hydrogens (primary N) is 2. The van der Waals surface area contributed by atoms with Gasteiger partial charge in [-0.1, -0.05) is 24.3 Å². The van der Waals surface area contributed by atoms with Crippen LogP contribution in [0.5, 0.6) is 0 Å². The number of hydrogen-bond donors (Lipinski definition) is 5. The number of para-hydroxylation sites is 1. The number of rotatable bonds is 11. The number of nitrogens with zero attached hydrogens (tertiary/aromatic N) is 2. The SMILES string of the molecule is COC(=O)C[C@H](N)C(=O)N(c1ccccc1)[C@@](C(C)=O)(C(=O)OC)N1C(=O)NC(c2ccc(C(=O)OC)cc2NC(=N)N)C1=O. The van der Waals surface area contributed by atoms with E-state index in [1.165, 1.54) is 42.5 Å². The standard InChI is InChI=1S/C28H31N7O10/c1-14(36)28(25(41)45-4,34(16-8-6-5-7-9-16)22(38)18(29)13-20(37)43-2)35-23(39)21(33-27(35)42)17-11-10-15(24(40)44-3)12-19(17)32-26(30)31/h5-12,18,21H,13,29H2,1-4H3,(H,33,42)(H4,30,31,32)/t18-,21?,28+/m0/s1. The first-order valence-electron chi connectivity index (χ1n) is 13.0. The first-order chi connectivity index (χ1) is 21.3. The van der Waals surface area contributed by atoms with Gasteiger partial charge in [-0.2, -0.15) is 0 Å². The number of imide groups is 1. The van der Waals surface area contributed by atoms with Crippen LogP contribution in [0.15, 0.2) is 48.5 Å². The first kappa shape index (κ1) is 33.7. The maximum Gasteiger partial charge on any atom is 0.362 e. The molecule has 238 valence electrons. The van der Waals surface area contributed by atoms with Crippen LogP contribution in [0.1, 0.15) is 35.3 Å². The molecule has 0 saturated carbocycles. The summed E-state index contributed by atoms with van der Waals surface area (Å²) >= 11 is 0. The Labute approximate surface area is 256 Å². The highest BCUT2D eigenvalue weighted by atomic mass is 16.5. The van der Waals surface area contributed by atoms with Crippen LogP contribution in [-0.4, -0.2) is 85.4 Å². The Balaban J connectivity index is 2.29. The molecule has 17 heteroatoms. The number of esters is 3. The third-order valence-electron chi connectivity index (χ3n) is 6.77. The third kappa shape index (κ3) is 6.28. The van der Waals surface area contributed by atoms with Crippen molar-refractivity contribution in [2.24, 2.45) is 11.5 Å². The summed E-state index contributed by atoms with van der Waals surface area (Å²) in [6.45, 7) is 0.855. The Morgan fingerprint density at radius 3 is 2.22 bits per heavy atom. The number of carbonyl (C=O) groups is 7. The van der Waals surface area contributed by atoms with Crippen molar-refractivity contribution in [2.75, 3.05) is 31.5 Å². The number of urea groups is 1. The van der Waals surface area contributed by atoms with E-state index in [9.17, 15) is 33.6 Å². The molecule has 1 aliphatic heterocycles. The first-order valence-corrected chi connectivity index (χ1v) is 13.0. The normalized spacial score (nSPS) is 16.0. The van der Waals surface area contributed by atoms with E-state index in [-0.39, 0.29) is 27.4 Å². The van der Waals surface area contributed by atoms with Crippen LogP contribution in [-0.2, 0) is 38.2 Å². The van der Waals surface area contributed by atoms with Gasteiger partial charge in [0.15, 0.2) is 11.7 Å². The predicted octanol–water partition coefficient (Wildman–Crippen LogP) is -0.247. The smallest absolute Gasteiger partial charge is 0.362 e. The van der Waals surface area contributed by atoms with E-state index in [0.717, 1.165) is 28.3 Å². The van der Waals surface area contributed by atoms with Gasteiger partial charge in [0.05, 0.1) is 39.4 Å². The highest BCUT2D eigenvalue weighted by Crippen LogP contribution is 2.38. The number of benzene rings is 2. The lowest BCUT2D eigenvalue weighted by atomic mass is 9.96. The zero-order chi connectivity index (χ0) is 33.6. The van der Waals surface area contributed by atoms with Crippen molar-refractivity contribution in [2.45, 2.75) is 31.1 Å². The second kappa shape index (κ2) is 13.6. The molecule has 0 bridgehead atoms. The van der Waals surface area contributed by atoms with Crippen molar-refractivity contribution < 1.29 is 47.8 Å². The highest BCUT2D eigenvalue weighted by Gasteiger charge is 2.65. The monoisotopic (exact) mass is 625 g/mol. The lowest BCUT2D eigenvalue weighted by molar-refractivity contribution is -0.163. The van der Waals surface area contributed by atoms with Gasteiger partial charge in [0.25, 0.3) is 11.6 Å². The van der Waals surface area contributed by atoms with Crippen LogP contribution >= 0.6 is 0 Å². The number of ketones is 1. The molecule has 1 aliphatic rings. The van der Waals surface area contributed by atoms with Crippen LogP contribution in [0.4, 0.5) is 16.2 Å². The maximum absolute atomic E-state index is 14.2. The molecule has 7 N–H and O–H groups in total. The predicted molar refractivity (Wildman–Crippen MR) is 155 cm³/mol. The van der Waals surface area contributed by atoms with Gasteiger partial charge in [0.2, 0.25) is 5.91 Å². The molecule has 2 aromatic carbocycles. The minimum Gasteiger partial charge on any atom is -0.469 e. The number of carbonyl (C=O) groups excluding carboxylic acids is 7. The fourth-order valence-electron chi connectivity index (χ4n) is 4.75. The minimum absolute atomic E-state index is 0.00767. The molecule has 0 aromatic heterocycles. The quantitative estimate of drug-likeness (QED) is 0.0540. The average Bonchev–Trinajstić information content (AvgIpc) is 3.31. The molecule has 1 fully saturated rings. The number of guanidine groups is 1. The van der Waals surface area contributed by atoms with Crippen LogP contribution in [0, 0.1) is 5.41 Å². The fraction of sp³-hybridized carbons (Fsp3) is 0.286. The summed E-state index contributed by atoms with van der Waals surface area (Å²) in [6, 6.07) is 6.12. The summed E-state index contributed by atoms with van der Waals surface area (Å²) in [4.78, 5) is 94.1. The number of hydrogen-bond acceptors (Lipinski definition) is 12. The van der Waals surface area contributed by atoms with Crippen LogP contribution in [0.3, 0.4) is 0 Å². The zero-order valence-electron chi connectivity index (χ0n) is 24.6. The van der Waals surface area contributed by atoms with Gasteiger partial charge in [-0.3, -0.25) is 29.5 Å². The minimum atomic E-state index is -3.11. The van der Waals surface area contributed by atoms with Gasteiger partial charge in [-0.25, -0.2) is 19.3 Å². The number of ether oxygens (including phenoxy) is 3. The largest absolute Gasteiger partial charge is 0.469 e. The second-order valence-corrected chi connectivity index (χ2v) is 9.50. The highest BCUT2D eigenvalue weighted by molar-refractivity contribution is 6.24. The molecule has 3 atom stereocenters. The molecule has 2 aromatic rings. The molecule has 17 nitrogen and oxygen atoms in total. The Bertz CT molecular complexity index is 1560. The van der Waals surface area contributed by atoms with Gasteiger partial charge in [0.1, 0.15) is 6.04 Å². The van der Waals surface area contributed by atoms with E-state index < -0.39 is 71.7 Å². The summed E-state index contributed by atoms with van der Waals surface area (Å²) in [6.07, 6.45) is -0.691. The topological polar surface area (TPSA) is 254 Å². The summed E-state index contributed by atoms with van der Waals surface area (Å²) in [5.74, 6) is -7.40. The Morgan fingerprint density at radius 1 is 1.04 bits per heavy atom. The Hall–Kier alpha value is -5.84. The van der Waals surface area contributed by atoms with Gasteiger partial charge in [-0.15, -0.1) is 0 Å². The maximum atomic E-state index is 14.2. The number of Topliss-reactive ketones (excluding diaryl/α,β-unsaturated/α-hetero) is 1. The molecule has 45 heavy (non-hydrogen) atoms. The summed E-state index contributed by atoms with van der Waals surface area (Å²) in [5, 5.41) is 12.5. The van der Waals surface area contributed by atoms with Crippen molar-refractivity contribution in [3.63, 3.8) is 0 Å². The van der Waals surface area contributed by atoms with E-state index in [2.05, 4.69) is 15.4 Å². The van der Waals surface area contributed by atoms with E-state index in [4.69, 9.17) is 26.4 Å². The summed E-state index contributed by atoms with van der Waals surface area (Å²) in [7, 11) is 3.07. The van der Waals surface area contributed by atoms with Crippen molar-refractivity contribution in [3.05, 3.63) is 59.7 Å². The van der Waals surface area contributed by atoms with Crippen molar-refractivity contribution in [3.8, 4) is 0 Å². The fourth-order valence-corrected chi connectivity index (χ4v) is 4.75. The number of methoxy groups -OCH3 is 3. The van der Waals surface area contributed by atoms with E-state index >= 15 is 0 Å². The Kier molecular flexibility index (Phi) is 10.2. The number of anilines is 2. The molecule has 0 radical (unpaired) electrons. The van der Waals surface area contributed by atoms with Crippen LogP contribution in [0.25, 0.3) is 0 Å². The molecular weight excluding hydrogens is 594 g/mol. The molecule has 1 unspecified atom stereocenters. The van der Waals surface area contributed by atoms with E-state index in [1.807, 2.05) is 0 Å². The van der Waals surface area contributed by atoms with Gasteiger partial charge >= 0.3 is 23.9 Å². The molecule has 0 aliphatic carbocycles.